The molecule has 0 aliphatic rings. The summed E-state index contributed by atoms with van der Waals surface area (Å²) in [5.41, 5.74) is 0.464. The van der Waals surface area contributed by atoms with E-state index in [1.54, 1.807) is 19.1 Å². The molecule has 0 atom stereocenters. The van der Waals surface area contributed by atoms with Gasteiger partial charge >= 0.3 is 320 Å². The molecule has 0 aromatic heterocycles. The first-order valence-electron chi connectivity index (χ1n) is 17.8. The molecular formula is C39H44BHg3KNNaO15. The average Bonchev–Trinajstić information content (AvgIpc) is 3.23. The van der Waals surface area contributed by atoms with Crippen LogP contribution in [0.1, 0.15) is 50.9 Å². The van der Waals surface area contributed by atoms with Crippen LogP contribution >= 0.6 is 0 Å². The van der Waals surface area contributed by atoms with Crippen molar-refractivity contribution in [3.63, 3.8) is 0 Å². The van der Waals surface area contributed by atoms with E-state index in [1.165, 1.54) is 47.3 Å². The Kier molecular flexibility index (Phi) is 50.6. The number of phenolic OH excluding ortho intramolecular Hbond substituents is 1. The zero-order valence-electron chi connectivity index (χ0n) is 35.3. The number of carboxylic acid groups (broad SMARTS) is 2. The maximum absolute atomic E-state index is 11.2. The molecule has 0 spiro atoms. The van der Waals surface area contributed by atoms with Crippen LogP contribution in [0.4, 0.5) is 0 Å². The van der Waals surface area contributed by atoms with Crippen molar-refractivity contribution in [3.05, 3.63) is 155 Å². The van der Waals surface area contributed by atoms with E-state index in [-0.39, 0.29) is 105 Å². The number of benzene rings is 4. The minimum atomic E-state index is -1.87. The second-order valence-electron chi connectivity index (χ2n) is 11.0. The van der Waals surface area contributed by atoms with Crippen molar-refractivity contribution in [1.29, 1.82) is 0 Å². The summed E-state index contributed by atoms with van der Waals surface area (Å²) < 4.78 is 22.4. The van der Waals surface area contributed by atoms with Gasteiger partial charge in [0.15, 0.2) is 0 Å². The number of allylic oxidation sites excluding steroid dienone is 3. The van der Waals surface area contributed by atoms with Gasteiger partial charge in [-0.05, 0) is 50.1 Å². The standard InChI is InChI=1S/C10H12O3.C6H8O2.3C6H5.C3H6O2.C2H4O2.BH2O3.3Hg.K.NO3.Na/c1-2-7-13-10(12)8-3-5-9(11)6-4-8;1-2-3-4-5-6(7)8;3*1-2-4-6-5-3-1;1-2-3(4)5;1-2(3)4;2-1(3)4;;;;;2-1(3)4;/h3-6,11H,2,7H2,1H3;2-5H,1H3,(H,7,8);3*1-5H;2H2,1H3,(H,4,5);1H3,(H,3,4);2-3H;;;;;;/q;;;;;;;-1;4*+1;-1;+1/p-3/b;3-2+,5-4+;;;;;;;;;;;;. The maximum atomic E-state index is 11.2. The minimum Gasteiger partial charge on any atom is 1.00 e. The normalized spacial score (nSPS) is 8.75. The van der Waals surface area contributed by atoms with Gasteiger partial charge < -0.3 is 29.6 Å². The number of esters is 1. The fourth-order valence-corrected chi connectivity index (χ4v) is 12.5. The summed E-state index contributed by atoms with van der Waals surface area (Å²) in [5.74, 6) is -2.50. The van der Waals surface area contributed by atoms with Crippen molar-refractivity contribution in [3.8, 4) is 5.75 Å². The molecule has 0 fully saturated rings. The van der Waals surface area contributed by atoms with E-state index in [0.717, 1.165) is 18.6 Å². The first-order chi connectivity index (χ1) is 28.1. The fourth-order valence-electron chi connectivity index (χ4n) is 3.33. The van der Waals surface area contributed by atoms with Crippen LogP contribution in [-0.2, 0) is 102 Å². The molecule has 0 unspecified atom stereocenters. The Balaban J connectivity index is -0.000000323. The first kappa shape index (κ1) is 66.2. The molecule has 4 aromatic carbocycles. The number of phenols is 1. The molecule has 0 aliphatic heterocycles. The van der Waals surface area contributed by atoms with Gasteiger partial charge in [0.25, 0.3) is 0 Å². The van der Waals surface area contributed by atoms with Crippen molar-refractivity contribution in [2.45, 2.75) is 40.5 Å². The molecule has 4 rings (SSSR count). The van der Waals surface area contributed by atoms with Gasteiger partial charge in [0.1, 0.15) is 5.75 Å². The Bertz CT molecular complexity index is 1730. The Morgan fingerprint density at radius 2 is 1.20 bits per heavy atom. The largest absolute Gasteiger partial charge is 1.00 e. The van der Waals surface area contributed by atoms with E-state index in [4.69, 9.17) is 25.1 Å². The fraction of sp³-hybridized carbons (Fsp3) is 0.179. The minimum absolute atomic E-state index is 0. The van der Waals surface area contributed by atoms with Gasteiger partial charge in [0.2, 0.25) is 0 Å². The van der Waals surface area contributed by atoms with E-state index in [0.29, 0.717) is 12.2 Å². The Morgan fingerprint density at radius 1 is 0.754 bits per heavy atom. The maximum Gasteiger partial charge on any atom is 1.00 e. The molecule has 22 heteroatoms. The van der Waals surface area contributed by atoms with Crippen LogP contribution in [0.3, 0.4) is 0 Å². The summed E-state index contributed by atoms with van der Waals surface area (Å²) in [4.78, 5) is 50.4. The Labute approximate surface area is 459 Å². The van der Waals surface area contributed by atoms with Gasteiger partial charge in [-0.3, -0.25) is 0 Å². The number of rotatable bonds is 14. The number of carboxylic acids is 2. The van der Waals surface area contributed by atoms with Crippen LogP contribution in [-0.4, -0.2) is 58.0 Å². The molecule has 0 radical (unpaired) electrons. The predicted octanol–water partition coefficient (Wildman–Crippen LogP) is -4.33. The van der Waals surface area contributed by atoms with Crippen LogP contribution in [0.25, 0.3) is 0 Å². The number of carbonyl (C=O) groups excluding carboxylic acids is 4. The molecule has 0 bridgehead atoms. The Morgan fingerprint density at radius 3 is 1.56 bits per heavy atom. The van der Waals surface area contributed by atoms with Gasteiger partial charge in [-0.15, -0.1) is 0 Å². The second kappa shape index (κ2) is 46.6. The number of carbonyl (C=O) groups is 4. The summed E-state index contributed by atoms with van der Waals surface area (Å²) in [5, 5.41) is 53.8. The number of ether oxygens (including phenoxy) is 1. The van der Waals surface area contributed by atoms with E-state index in [2.05, 4.69) is 2.75 Å². The molecule has 61 heavy (non-hydrogen) atoms. The number of hydrogen-bond donors (Lipinski definition) is 3. The number of aromatic hydroxyl groups is 1. The van der Waals surface area contributed by atoms with Crippen LogP contribution in [0, 0.1) is 10.1 Å². The van der Waals surface area contributed by atoms with E-state index < -0.39 is 99.4 Å². The molecule has 0 saturated carbocycles. The SMILES string of the molecule is C/C=C/C=C/C(=O)[O-].CC(=O)[O][Hg][c]1ccccc1.CCC(=O)[O-].CCCOC(=O)c1ccc(O)cc1.O=[N+]([O-])[O][Hg][c]1ccccc1.OB(O)[O][Hg][c]1ccccc1.[K+].[Na+]. The molecule has 3 N–H and O–H groups in total. The van der Waals surface area contributed by atoms with Crippen molar-refractivity contribution in [2.75, 3.05) is 6.61 Å². The van der Waals surface area contributed by atoms with E-state index in [1.807, 2.05) is 97.9 Å². The van der Waals surface area contributed by atoms with Gasteiger partial charge in [-0.2, -0.15) is 0 Å². The van der Waals surface area contributed by atoms with E-state index in [9.17, 15) is 39.5 Å². The molecule has 16 nitrogen and oxygen atoms in total. The van der Waals surface area contributed by atoms with Crippen molar-refractivity contribution < 1.29 is 218 Å². The summed E-state index contributed by atoms with van der Waals surface area (Å²) >= 11 is -5.05. The predicted molar refractivity (Wildman–Crippen MR) is 202 cm³/mol. The molecule has 4 aromatic rings. The molecule has 306 valence electrons. The monoisotopic (exact) mass is 1450 g/mol. The van der Waals surface area contributed by atoms with Gasteiger partial charge in [-0.1, -0.05) is 32.1 Å². The first-order valence-corrected chi connectivity index (χ1v) is 32.8. The van der Waals surface area contributed by atoms with Crippen LogP contribution in [0.15, 0.2) is 140 Å². The molecule has 0 amide bonds. The van der Waals surface area contributed by atoms with Crippen LogP contribution in [0.5, 0.6) is 5.75 Å². The van der Waals surface area contributed by atoms with Gasteiger partial charge in [0, 0.05) is 5.97 Å². The zero-order valence-corrected chi connectivity index (χ0v) is 56.9. The molecular weight excluding hydrogens is 1400 g/mol. The summed E-state index contributed by atoms with van der Waals surface area (Å²) in [6, 6.07) is 34.9. The molecule has 0 saturated heterocycles. The smallest absolute Gasteiger partial charge is 1.00 e. The summed E-state index contributed by atoms with van der Waals surface area (Å²) in [7, 11) is -1.59. The third-order valence-electron chi connectivity index (χ3n) is 6.07. The van der Waals surface area contributed by atoms with Crippen LogP contribution < -0.4 is 100 Å². The average molecular weight is 1440 g/mol. The third kappa shape index (κ3) is 47.9. The quantitative estimate of drug-likeness (QED) is 0.0270. The molecule has 0 aliphatic carbocycles. The second-order valence-corrected chi connectivity index (χ2v) is 27.3. The summed E-state index contributed by atoms with van der Waals surface area (Å²) in [6.45, 7) is 7.17. The third-order valence-corrected chi connectivity index (χ3v) is 20.7. The summed E-state index contributed by atoms with van der Waals surface area (Å²) in [6.07, 6.45) is 6.66. The van der Waals surface area contributed by atoms with Crippen molar-refractivity contribution in [2.24, 2.45) is 0 Å². The molecule has 0 heterocycles. The van der Waals surface area contributed by atoms with Gasteiger partial charge in [-0.25, -0.2) is 4.79 Å². The topological polar surface area (TPSA) is 255 Å². The number of aliphatic carboxylic acids is 2. The van der Waals surface area contributed by atoms with Crippen LogP contribution in [0.2, 0.25) is 0 Å². The number of nitrogens with zero attached hydrogens (tertiary/aromatic N) is 1. The van der Waals surface area contributed by atoms with E-state index >= 15 is 0 Å². The Hall–Kier alpha value is -1.37. The van der Waals surface area contributed by atoms with Gasteiger partial charge in [0.05, 0.1) is 18.1 Å². The number of hydrogen-bond acceptors (Lipinski definition) is 15. The van der Waals surface area contributed by atoms with Crippen molar-refractivity contribution in [1.82, 2.24) is 0 Å². The zero-order chi connectivity index (χ0) is 44.7. The van der Waals surface area contributed by atoms with Crippen molar-refractivity contribution >= 4 is 40.4 Å².